The predicted molar refractivity (Wildman–Crippen MR) is 73.8 cm³/mol. The molecule has 0 fully saturated rings. The maximum atomic E-state index is 12.4. The van der Waals surface area contributed by atoms with Crippen LogP contribution in [0.4, 0.5) is 13.2 Å². The fraction of sp³-hybridized carbons (Fsp3) is 0.286. The van der Waals surface area contributed by atoms with Crippen LogP contribution >= 0.6 is 11.3 Å². The number of benzene rings is 1. The van der Waals surface area contributed by atoms with E-state index in [2.05, 4.69) is 10.3 Å². The largest absolute Gasteiger partial charge is 0.416 e. The second kappa shape index (κ2) is 6.26. The predicted octanol–water partition coefficient (Wildman–Crippen LogP) is 3.33. The van der Waals surface area contributed by atoms with Gasteiger partial charge in [-0.25, -0.2) is 4.98 Å². The first-order valence-corrected chi connectivity index (χ1v) is 7.00. The Morgan fingerprint density at radius 3 is 2.48 bits per heavy atom. The van der Waals surface area contributed by atoms with Gasteiger partial charge in [-0.1, -0.05) is 12.1 Å². The number of thiazole rings is 1. The van der Waals surface area contributed by atoms with E-state index >= 15 is 0 Å². The zero-order chi connectivity index (χ0) is 15.5. The van der Waals surface area contributed by atoms with Crippen LogP contribution < -0.4 is 5.32 Å². The third-order valence-corrected chi connectivity index (χ3v) is 3.69. The number of hydrogen-bond donors (Lipinski definition) is 1. The first-order chi connectivity index (χ1) is 9.84. The zero-order valence-electron chi connectivity index (χ0n) is 11.2. The number of nitrogens with one attached hydrogen (secondary N) is 1. The van der Waals surface area contributed by atoms with Gasteiger partial charge >= 0.3 is 6.18 Å². The number of aryl methyl sites for hydroxylation is 1. The fourth-order valence-corrected chi connectivity index (χ4v) is 2.47. The van der Waals surface area contributed by atoms with Crippen molar-refractivity contribution in [3.05, 3.63) is 51.5 Å². The number of aromatic nitrogens is 1. The molecule has 0 saturated heterocycles. The molecule has 3 nitrogen and oxygen atoms in total. The third kappa shape index (κ3) is 4.56. The molecule has 1 amide bonds. The molecule has 2 rings (SSSR count). The lowest BCUT2D eigenvalue weighted by Gasteiger charge is -2.07. The van der Waals surface area contributed by atoms with Crippen LogP contribution in [0.1, 0.15) is 21.0 Å². The van der Waals surface area contributed by atoms with E-state index in [1.807, 2.05) is 6.92 Å². The van der Waals surface area contributed by atoms with Gasteiger partial charge in [-0.2, -0.15) is 13.2 Å². The molecule has 112 valence electrons. The van der Waals surface area contributed by atoms with Crippen molar-refractivity contribution in [3.8, 4) is 0 Å². The van der Waals surface area contributed by atoms with Gasteiger partial charge in [-0.05, 0) is 24.6 Å². The lowest BCUT2D eigenvalue weighted by Crippen LogP contribution is -2.24. The molecule has 0 bridgehead atoms. The molecular weight excluding hydrogens is 301 g/mol. The van der Waals surface area contributed by atoms with E-state index in [0.717, 1.165) is 22.0 Å². The van der Waals surface area contributed by atoms with E-state index in [-0.39, 0.29) is 12.3 Å². The van der Waals surface area contributed by atoms with Gasteiger partial charge in [0.05, 0.1) is 23.5 Å². The third-order valence-electron chi connectivity index (χ3n) is 2.77. The van der Waals surface area contributed by atoms with Gasteiger partial charge in [-0.15, -0.1) is 11.3 Å². The van der Waals surface area contributed by atoms with Crippen LogP contribution in [-0.4, -0.2) is 10.9 Å². The van der Waals surface area contributed by atoms with E-state index in [1.54, 1.807) is 6.20 Å². The van der Waals surface area contributed by atoms with Crippen LogP contribution in [0.25, 0.3) is 0 Å². The quantitative estimate of drug-likeness (QED) is 0.940. The molecule has 7 heteroatoms. The lowest BCUT2D eigenvalue weighted by molar-refractivity contribution is -0.137. The normalized spacial score (nSPS) is 11.4. The van der Waals surface area contributed by atoms with Crippen molar-refractivity contribution in [2.75, 3.05) is 0 Å². The Morgan fingerprint density at radius 2 is 1.95 bits per heavy atom. The second-order valence-electron chi connectivity index (χ2n) is 4.49. The Balaban J connectivity index is 1.88. The van der Waals surface area contributed by atoms with Crippen molar-refractivity contribution in [1.82, 2.24) is 10.3 Å². The Labute approximate surface area is 123 Å². The van der Waals surface area contributed by atoms with Crippen LogP contribution in [0.15, 0.2) is 30.5 Å². The van der Waals surface area contributed by atoms with Crippen molar-refractivity contribution in [1.29, 1.82) is 0 Å². The highest BCUT2D eigenvalue weighted by molar-refractivity contribution is 7.11. The molecule has 0 aliphatic rings. The lowest BCUT2D eigenvalue weighted by atomic mass is 10.1. The Kier molecular flexibility index (Phi) is 4.62. The Bertz CT molecular complexity index is 620. The van der Waals surface area contributed by atoms with Crippen molar-refractivity contribution in [2.45, 2.75) is 26.1 Å². The highest BCUT2D eigenvalue weighted by Gasteiger charge is 2.29. The average Bonchev–Trinajstić information content (AvgIpc) is 2.82. The minimum atomic E-state index is -4.36. The van der Waals surface area contributed by atoms with Crippen molar-refractivity contribution in [3.63, 3.8) is 0 Å². The minimum absolute atomic E-state index is 0.0515. The van der Waals surface area contributed by atoms with Gasteiger partial charge in [0.1, 0.15) is 0 Å². The SMILES string of the molecule is Cc1ncc(CNC(=O)Cc2ccc(C(F)(F)F)cc2)s1. The standard InChI is InChI=1S/C14H13F3N2OS/c1-9-18-7-12(21-9)8-19-13(20)6-10-2-4-11(5-3-10)14(15,16)17/h2-5,7H,6,8H2,1H3,(H,19,20). The molecule has 0 radical (unpaired) electrons. The summed E-state index contributed by atoms with van der Waals surface area (Å²) in [6.45, 7) is 2.25. The van der Waals surface area contributed by atoms with Crippen LogP contribution in [0.3, 0.4) is 0 Å². The number of carbonyl (C=O) groups is 1. The van der Waals surface area contributed by atoms with Crippen molar-refractivity contribution in [2.24, 2.45) is 0 Å². The summed E-state index contributed by atoms with van der Waals surface area (Å²) in [4.78, 5) is 16.7. The monoisotopic (exact) mass is 314 g/mol. The minimum Gasteiger partial charge on any atom is -0.351 e. The van der Waals surface area contributed by atoms with E-state index in [0.29, 0.717) is 12.1 Å². The zero-order valence-corrected chi connectivity index (χ0v) is 12.0. The van der Waals surface area contributed by atoms with E-state index in [4.69, 9.17) is 0 Å². The van der Waals surface area contributed by atoms with E-state index in [1.165, 1.54) is 23.5 Å². The van der Waals surface area contributed by atoms with Crippen LogP contribution in [0, 0.1) is 6.92 Å². The number of alkyl halides is 3. The molecule has 1 N–H and O–H groups in total. The average molecular weight is 314 g/mol. The van der Waals surface area contributed by atoms with Crippen LogP contribution in [0.5, 0.6) is 0 Å². The summed E-state index contributed by atoms with van der Waals surface area (Å²) in [6.07, 6.45) is -2.61. The van der Waals surface area contributed by atoms with Gasteiger partial charge in [0, 0.05) is 11.1 Å². The van der Waals surface area contributed by atoms with Gasteiger partial charge in [0.15, 0.2) is 0 Å². The summed E-state index contributed by atoms with van der Waals surface area (Å²) in [6, 6.07) is 4.60. The van der Waals surface area contributed by atoms with E-state index < -0.39 is 11.7 Å². The second-order valence-corrected chi connectivity index (χ2v) is 5.81. The number of hydrogen-bond acceptors (Lipinski definition) is 3. The maximum Gasteiger partial charge on any atom is 0.416 e. The molecule has 21 heavy (non-hydrogen) atoms. The molecule has 0 saturated carbocycles. The summed E-state index contributed by atoms with van der Waals surface area (Å²) in [7, 11) is 0. The molecular formula is C14H13F3N2OS. The van der Waals surface area contributed by atoms with E-state index in [9.17, 15) is 18.0 Å². The van der Waals surface area contributed by atoms with Gasteiger partial charge < -0.3 is 5.32 Å². The topological polar surface area (TPSA) is 42.0 Å². The van der Waals surface area contributed by atoms with Crippen LogP contribution in [-0.2, 0) is 23.9 Å². The summed E-state index contributed by atoms with van der Waals surface area (Å²) < 4.78 is 37.2. The first-order valence-electron chi connectivity index (χ1n) is 6.19. The molecule has 0 aliphatic heterocycles. The number of halogens is 3. The van der Waals surface area contributed by atoms with Gasteiger partial charge in [-0.3, -0.25) is 4.79 Å². The van der Waals surface area contributed by atoms with Crippen molar-refractivity contribution < 1.29 is 18.0 Å². The molecule has 1 heterocycles. The molecule has 0 atom stereocenters. The Hall–Kier alpha value is -1.89. The number of amides is 1. The highest BCUT2D eigenvalue weighted by atomic mass is 32.1. The molecule has 1 aromatic heterocycles. The highest BCUT2D eigenvalue weighted by Crippen LogP contribution is 2.29. The number of nitrogens with zero attached hydrogens (tertiary/aromatic N) is 1. The molecule has 0 unspecified atom stereocenters. The smallest absolute Gasteiger partial charge is 0.351 e. The summed E-state index contributed by atoms with van der Waals surface area (Å²) in [5, 5.41) is 3.63. The summed E-state index contributed by atoms with van der Waals surface area (Å²) >= 11 is 1.49. The van der Waals surface area contributed by atoms with Crippen molar-refractivity contribution >= 4 is 17.2 Å². The molecule has 0 aliphatic carbocycles. The summed E-state index contributed by atoms with van der Waals surface area (Å²) in [5.74, 6) is -0.235. The Morgan fingerprint density at radius 1 is 1.29 bits per heavy atom. The number of carbonyl (C=O) groups excluding carboxylic acids is 1. The number of rotatable bonds is 4. The molecule has 1 aromatic carbocycles. The van der Waals surface area contributed by atoms with Gasteiger partial charge in [0.25, 0.3) is 0 Å². The first kappa shape index (κ1) is 15.5. The van der Waals surface area contributed by atoms with Gasteiger partial charge in [0.2, 0.25) is 5.91 Å². The summed E-state index contributed by atoms with van der Waals surface area (Å²) in [5.41, 5.74) is -0.173. The fourth-order valence-electron chi connectivity index (χ4n) is 1.73. The maximum absolute atomic E-state index is 12.4. The molecule has 0 spiro atoms. The molecule has 2 aromatic rings. The van der Waals surface area contributed by atoms with Crippen LogP contribution in [0.2, 0.25) is 0 Å².